The van der Waals surface area contributed by atoms with Crippen molar-refractivity contribution in [1.29, 1.82) is 0 Å². The lowest BCUT2D eigenvalue weighted by Gasteiger charge is -2.29. The fraction of sp³-hybridized carbons (Fsp3) is 0.625. The van der Waals surface area contributed by atoms with E-state index in [4.69, 9.17) is 0 Å². The lowest BCUT2D eigenvalue weighted by molar-refractivity contribution is 0.211. The monoisotopic (exact) mass is 326 g/mol. The van der Waals surface area contributed by atoms with Crippen LogP contribution in [-0.4, -0.2) is 30.6 Å². The van der Waals surface area contributed by atoms with Crippen molar-refractivity contribution in [3.8, 4) is 0 Å². The molecule has 0 bridgehead atoms. The molecule has 1 atom stereocenters. The van der Waals surface area contributed by atoms with Crippen LogP contribution in [0.5, 0.6) is 0 Å². The average molecular weight is 327 g/mol. The summed E-state index contributed by atoms with van der Waals surface area (Å²) in [7, 11) is 2.23. The van der Waals surface area contributed by atoms with Crippen LogP contribution in [0.15, 0.2) is 28.7 Å². The summed E-state index contributed by atoms with van der Waals surface area (Å²) in [6.45, 7) is 8.75. The van der Waals surface area contributed by atoms with Gasteiger partial charge in [0.05, 0.1) is 0 Å². The number of nitrogens with one attached hydrogen (secondary N) is 1. The molecule has 0 aromatic heterocycles. The molecule has 1 unspecified atom stereocenters. The molecule has 3 heteroatoms. The first-order valence-corrected chi connectivity index (χ1v) is 8.00. The average Bonchev–Trinajstić information content (AvgIpc) is 2.37. The van der Waals surface area contributed by atoms with Gasteiger partial charge in [-0.3, -0.25) is 4.90 Å². The standard InChI is InChI=1S/C16H27BrN2/c1-5-6-16(11-18-13(2)3)19(4)12-14-7-9-15(17)10-8-14/h7-10,13,16,18H,5-6,11-12H2,1-4H3. The van der Waals surface area contributed by atoms with E-state index in [0.717, 1.165) is 17.6 Å². The van der Waals surface area contributed by atoms with Crippen molar-refractivity contribution < 1.29 is 0 Å². The molecule has 1 N–H and O–H groups in total. The summed E-state index contributed by atoms with van der Waals surface area (Å²) in [6, 6.07) is 9.78. The third kappa shape index (κ3) is 6.55. The van der Waals surface area contributed by atoms with Crippen molar-refractivity contribution in [1.82, 2.24) is 10.2 Å². The Kier molecular flexibility index (Phi) is 7.66. The zero-order valence-corrected chi connectivity index (χ0v) is 14.2. The number of likely N-dealkylation sites (N-methyl/N-ethyl adjacent to an activating group) is 1. The van der Waals surface area contributed by atoms with Crippen molar-refractivity contribution in [2.75, 3.05) is 13.6 Å². The second kappa shape index (κ2) is 8.72. The van der Waals surface area contributed by atoms with E-state index in [1.165, 1.54) is 18.4 Å². The molecule has 108 valence electrons. The number of hydrogen-bond donors (Lipinski definition) is 1. The van der Waals surface area contributed by atoms with Gasteiger partial charge in [0.1, 0.15) is 0 Å². The summed E-state index contributed by atoms with van der Waals surface area (Å²) >= 11 is 3.48. The molecule has 1 aromatic rings. The number of nitrogens with zero attached hydrogens (tertiary/aromatic N) is 1. The van der Waals surface area contributed by atoms with Crippen LogP contribution in [0.25, 0.3) is 0 Å². The van der Waals surface area contributed by atoms with E-state index in [-0.39, 0.29) is 0 Å². The molecule has 1 rings (SSSR count). The van der Waals surface area contributed by atoms with Gasteiger partial charge in [0.15, 0.2) is 0 Å². The summed E-state index contributed by atoms with van der Waals surface area (Å²) in [5.41, 5.74) is 1.37. The van der Waals surface area contributed by atoms with Crippen LogP contribution < -0.4 is 5.32 Å². The van der Waals surface area contributed by atoms with Crippen LogP contribution in [0.1, 0.15) is 39.2 Å². The number of rotatable bonds is 8. The van der Waals surface area contributed by atoms with E-state index in [1.54, 1.807) is 0 Å². The predicted octanol–water partition coefficient (Wildman–Crippen LogP) is 4.05. The highest BCUT2D eigenvalue weighted by atomic mass is 79.9. The van der Waals surface area contributed by atoms with Crippen molar-refractivity contribution in [3.05, 3.63) is 34.3 Å². The molecule has 19 heavy (non-hydrogen) atoms. The zero-order valence-electron chi connectivity index (χ0n) is 12.6. The van der Waals surface area contributed by atoms with Crippen LogP contribution >= 0.6 is 15.9 Å². The summed E-state index contributed by atoms with van der Waals surface area (Å²) in [5, 5.41) is 3.56. The smallest absolute Gasteiger partial charge is 0.0234 e. The molecule has 0 aliphatic carbocycles. The lowest BCUT2D eigenvalue weighted by atomic mass is 10.1. The van der Waals surface area contributed by atoms with Crippen LogP contribution in [0.4, 0.5) is 0 Å². The van der Waals surface area contributed by atoms with E-state index in [0.29, 0.717) is 12.1 Å². The first-order valence-electron chi connectivity index (χ1n) is 7.21. The summed E-state index contributed by atoms with van der Waals surface area (Å²) in [4.78, 5) is 2.46. The van der Waals surface area contributed by atoms with E-state index in [9.17, 15) is 0 Å². The number of halogens is 1. The maximum atomic E-state index is 3.56. The summed E-state index contributed by atoms with van der Waals surface area (Å²) < 4.78 is 1.14. The fourth-order valence-corrected chi connectivity index (χ4v) is 2.45. The molecule has 0 spiro atoms. The second-order valence-electron chi connectivity index (χ2n) is 5.55. The number of benzene rings is 1. The topological polar surface area (TPSA) is 15.3 Å². The fourth-order valence-electron chi connectivity index (χ4n) is 2.19. The molecular weight excluding hydrogens is 300 g/mol. The van der Waals surface area contributed by atoms with Gasteiger partial charge in [0, 0.05) is 29.6 Å². The van der Waals surface area contributed by atoms with Crippen LogP contribution in [-0.2, 0) is 6.54 Å². The molecular formula is C16H27BrN2. The third-order valence-corrected chi connectivity index (χ3v) is 3.88. The Morgan fingerprint density at radius 1 is 1.21 bits per heavy atom. The number of hydrogen-bond acceptors (Lipinski definition) is 2. The van der Waals surface area contributed by atoms with Gasteiger partial charge in [-0.15, -0.1) is 0 Å². The maximum absolute atomic E-state index is 3.56. The van der Waals surface area contributed by atoms with Gasteiger partial charge in [0.25, 0.3) is 0 Å². The quantitative estimate of drug-likeness (QED) is 0.775. The largest absolute Gasteiger partial charge is 0.313 e. The molecule has 1 aromatic carbocycles. The minimum absolute atomic E-state index is 0.556. The Morgan fingerprint density at radius 2 is 1.84 bits per heavy atom. The van der Waals surface area contributed by atoms with Crippen molar-refractivity contribution in [3.63, 3.8) is 0 Å². The maximum Gasteiger partial charge on any atom is 0.0234 e. The highest BCUT2D eigenvalue weighted by Crippen LogP contribution is 2.14. The Morgan fingerprint density at radius 3 is 2.37 bits per heavy atom. The Labute approximate surface area is 126 Å². The van der Waals surface area contributed by atoms with Crippen molar-refractivity contribution in [2.45, 2.75) is 52.2 Å². The molecule has 0 amide bonds. The predicted molar refractivity (Wildman–Crippen MR) is 87.4 cm³/mol. The second-order valence-corrected chi connectivity index (χ2v) is 6.46. The van der Waals surface area contributed by atoms with E-state index >= 15 is 0 Å². The SMILES string of the molecule is CCCC(CNC(C)C)N(C)Cc1ccc(Br)cc1. The van der Waals surface area contributed by atoms with Gasteiger partial charge in [-0.2, -0.15) is 0 Å². The molecule has 0 fully saturated rings. The molecule has 0 aliphatic heterocycles. The molecule has 0 heterocycles. The van der Waals surface area contributed by atoms with E-state index in [1.807, 2.05) is 0 Å². The van der Waals surface area contributed by atoms with Crippen LogP contribution in [0.2, 0.25) is 0 Å². The minimum Gasteiger partial charge on any atom is -0.313 e. The Hall–Kier alpha value is -0.380. The van der Waals surface area contributed by atoms with Crippen molar-refractivity contribution >= 4 is 15.9 Å². The molecule has 0 saturated carbocycles. The Balaban J connectivity index is 2.55. The first kappa shape index (κ1) is 16.7. The van der Waals surface area contributed by atoms with Gasteiger partial charge in [0.2, 0.25) is 0 Å². The summed E-state index contributed by atoms with van der Waals surface area (Å²) in [5.74, 6) is 0. The van der Waals surface area contributed by atoms with E-state index in [2.05, 4.69) is 78.2 Å². The van der Waals surface area contributed by atoms with Crippen molar-refractivity contribution in [2.24, 2.45) is 0 Å². The van der Waals surface area contributed by atoms with Crippen LogP contribution in [0, 0.1) is 0 Å². The van der Waals surface area contributed by atoms with Gasteiger partial charge >= 0.3 is 0 Å². The van der Waals surface area contributed by atoms with Crippen LogP contribution in [0.3, 0.4) is 0 Å². The van der Waals surface area contributed by atoms with Gasteiger partial charge in [-0.05, 0) is 31.2 Å². The van der Waals surface area contributed by atoms with Gasteiger partial charge in [-0.25, -0.2) is 0 Å². The molecule has 0 aliphatic rings. The van der Waals surface area contributed by atoms with Gasteiger partial charge < -0.3 is 5.32 Å². The Bertz CT molecular complexity index is 348. The first-order chi connectivity index (χ1) is 9.02. The summed E-state index contributed by atoms with van der Waals surface area (Å²) in [6.07, 6.45) is 2.47. The van der Waals surface area contributed by atoms with Gasteiger partial charge in [-0.1, -0.05) is 55.3 Å². The molecule has 2 nitrogen and oxygen atoms in total. The van der Waals surface area contributed by atoms with E-state index < -0.39 is 0 Å². The normalized spacial score (nSPS) is 13.2. The molecule has 0 saturated heterocycles. The lowest BCUT2D eigenvalue weighted by Crippen LogP contribution is -2.41. The zero-order chi connectivity index (χ0) is 14.3. The highest BCUT2D eigenvalue weighted by molar-refractivity contribution is 9.10. The molecule has 0 radical (unpaired) electrons. The minimum atomic E-state index is 0.556. The highest BCUT2D eigenvalue weighted by Gasteiger charge is 2.14. The third-order valence-electron chi connectivity index (χ3n) is 3.35.